The maximum absolute atomic E-state index is 12.5. The predicted molar refractivity (Wildman–Crippen MR) is 74.8 cm³/mol. The molecule has 0 fully saturated rings. The molecule has 6 heteroatoms. The zero-order chi connectivity index (χ0) is 15.6. The average molecular weight is 316 g/mol. The largest absolute Gasteiger partial charge is 0.416 e. The van der Waals surface area contributed by atoms with Crippen LogP contribution in [0.25, 0.3) is 0 Å². The number of aliphatic hydroxyl groups is 2. The van der Waals surface area contributed by atoms with Crippen molar-refractivity contribution in [3.8, 4) is 0 Å². The Bertz CT molecular complexity index is 564. The SMILES string of the molecule is C[C@@H]([C@H](O)c1ccc(C(F)(F)F)cc1)[C@H](O)c1cccs1. The van der Waals surface area contributed by atoms with E-state index in [4.69, 9.17) is 0 Å². The second-order valence-corrected chi connectivity index (χ2v) is 5.86. The van der Waals surface area contributed by atoms with E-state index in [9.17, 15) is 23.4 Å². The summed E-state index contributed by atoms with van der Waals surface area (Å²) in [6, 6.07) is 7.90. The first-order valence-corrected chi connectivity index (χ1v) is 7.25. The van der Waals surface area contributed by atoms with Crippen LogP contribution in [0.15, 0.2) is 41.8 Å². The van der Waals surface area contributed by atoms with Gasteiger partial charge >= 0.3 is 6.18 Å². The van der Waals surface area contributed by atoms with E-state index in [-0.39, 0.29) is 0 Å². The van der Waals surface area contributed by atoms with E-state index in [2.05, 4.69) is 0 Å². The van der Waals surface area contributed by atoms with Crippen LogP contribution in [0.2, 0.25) is 0 Å². The molecule has 21 heavy (non-hydrogen) atoms. The summed E-state index contributed by atoms with van der Waals surface area (Å²) < 4.78 is 37.5. The van der Waals surface area contributed by atoms with Crippen molar-refractivity contribution in [1.82, 2.24) is 0 Å². The van der Waals surface area contributed by atoms with Gasteiger partial charge in [-0.2, -0.15) is 13.2 Å². The Morgan fingerprint density at radius 2 is 1.62 bits per heavy atom. The first kappa shape index (κ1) is 16.0. The van der Waals surface area contributed by atoms with Crippen LogP contribution >= 0.6 is 11.3 Å². The highest BCUT2D eigenvalue weighted by atomic mass is 32.1. The quantitative estimate of drug-likeness (QED) is 0.889. The van der Waals surface area contributed by atoms with Crippen LogP contribution in [0.5, 0.6) is 0 Å². The number of thiophene rings is 1. The van der Waals surface area contributed by atoms with Crippen molar-refractivity contribution >= 4 is 11.3 Å². The highest BCUT2D eigenvalue weighted by molar-refractivity contribution is 7.10. The maximum atomic E-state index is 12.5. The van der Waals surface area contributed by atoms with Crippen LogP contribution in [0, 0.1) is 5.92 Å². The van der Waals surface area contributed by atoms with Crippen molar-refractivity contribution in [2.45, 2.75) is 25.3 Å². The molecule has 0 bridgehead atoms. The first-order chi connectivity index (χ1) is 9.80. The van der Waals surface area contributed by atoms with Gasteiger partial charge in [-0.3, -0.25) is 0 Å². The normalized spacial score (nSPS) is 16.5. The lowest BCUT2D eigenvalue weighted by molar-refractivity contribution is -0.137. The Morgan fingerprint density at radius 1 is 1.00 bits per heavy atom. The van der Waals surface area contributed by atoms with Crippen LogP contribution in [-0.2, 0) is 6.18 Å². The third-order valence-corrected chi connectivity index (χ3v) is 4.35. The Kier molecular flexibility index (Phi) is 4.70. The van der Waals surface area contributed by atoms with Gasteiger partial charge in [-0.05, 0) is 29.1 Å². The molecule has 0 saturated carbocycles. The molecule has 2 N–H and O–H groups in total. The molecule has 0 saturated heterocycles. The summed E-state index contributed by atoms with van der Waals surface area (Å²) in [7, 11) is 0. The van der Waals surface area contributed by atoms with Crippen molar-refractivity contribution < 1.29 is 23.4 Å². The van der Waals surface area contributed by atoms with Gasteiger partial charge in [0.1, 0.15) is 0 Å². The Morgan fingerprint density at radius 3 is 2.10 bits per heavy atom. The fraction of sp³-hybridized carbons (Fsp3) is 0.333. The number of rotatable bonds is 4. The molecule has 3 atom stereocenters. The molecular weight excluding hydrogens is 301 g/mol. The minimum atomic E-state index is -4.40. The third kappa shape index (κ3) is 3.64. The molecule has 0 aliphatic rings. The van der Waals surface area contributed by atoms with Crippen LogP contribution in [0.3, 0.4) is 0 Å². The molecule has 0 spiro atoms. The van der Waals surface area contributed by atoms with Crippen molar-refractivity contribution in [3.63, 3.8) is 0 Å². The lowest BCUT2D eigenvalue weighted by atomic mass is 9.91. The molecule has 1 aromatic heterocycles. The van der Waals surface area contributed by atoms with Crippen molar-refractivity contribution in [2.24, 2.45) is 5.92 Å². The second kappa shape index (κ2) is 6.17. The summed E-state index contributed by atoms with van der Waals surface area (Å²) in [5.41, 5.74) is -0.406. The van der Waals surface area contributed by atoms with Gasteiger partial charge in [0.05, 0.1) is 17.8 Å². The molecule has 1 aromatic carbocycles. The summed E-state index contributed by atoms with van der Waals surface area (Å²) in [4.78, 5) is 0.716. The fourth-order valence-electron chi connectivity index (χ4n) is 2.06. The summed E-state index contributed by atoms with van der Waals surface area (Å²) in [6.45, 7) is 1.66. The summed E-state index contributed by atoms with van der Waals surface area (Å²) in [6.07, 6.45) is -6.29. The Hall–Kier alpha value is -1.37. The lowest BCUT2D eigenvalue weighted by Gasteiger charge is -2.24. The zero-order valence-corrected chi connectivity index (χ0v) is 12.0. The molecule has 2 nitrogen and oxygen atoms in total. The van der Waals surface area contributed by atoms with Crippen LogP contribution in [0.1, 0.15) is 35.1 Å². The molecule has 2 aromatic rings. The standard InChI is InChI=1S/C15H15F3O2S/c1-9(14(20)12-3-2-8-21-12)13(19)10-4-6-11(7-5-10)15(16,17)18/h2-9,13-14,19-20H,1H3/t9-,13-,14-/m0/s1. The Labute approximate surface area is 124 Å². The molecule has 114 valence electrons. The molecule has 0 amide bonds. The maximum Gasteiger partial charge on any atom is 0.416 e. The van der Waals surface area contributed by atoms with Gasteiger partial charge in [-0.15, -0.1) is 11.3 Å². The van der Waals surface area contributed by atoms with Gasteiger partial charge in [-0.25, -0.2) is 0 Å². The number of halogens is 3. The first-order valence-electron chi connectivity index (χ1n) is 6.37. The summed E-state index contributed by atoms with van der Waals surface area (Å²) in [5, 5.41) is 22.2. The van der Waals surface area contributed by atoms with E-state index in [0.29, 0.717) is 10.4 Å². The third-order valence-electron chi connectivity index (χ3n) is 3.41. The van der Waals surface area contributed by atoms with Gasteiger partial charge in [0.2, 0.25) is 0 Å². The molecule has 0 radical (unpaired) electrons. The monoisotopic (exact) mass is 316 g/mol. The van der Waals surface area contributed by atoms with Crippen LogP contribution in [0.4, 0.5) is 13.2 Å². The molecule has 2 rings (SSSR count). The van der Waals surface area contributed by atoms with Crippen molar-refractivity contribution in [2.75, 3.05) is 0 Å². The highest BCUT2D eigenvalue weighted by Crippen LogP contribution is 2.35. The predicted octanol–water partition coefficient (Wildman–Crippen LogP) is 4.17. The smallest absolute Gasteiger partial charge is 0.388 e. The fourth-order valence-corrected chi connectivity index (χ4v) is 2.89. The van der Waals surface area contributed by atoms with Crippen LogP contribution in [-0.4, -0.2) is 10.2 Å². The molecule has 0 aliphatic carbocycles. The minimum Gasteiger partial charge on any atom is -0.388 e. The number of hydrogen-bond acceptors (Lipinski definition) is 3. The molecule has 0 unspecified atom stereocenters. The zero-order valence-electron chi connectivity index (χ0n) is 11.2. The van der Waals surface area contributed by atoms with E-state index in [1.165, 1.54) is 23.5 Å². The van der Waals surface area contributed by atoms with E-state index in [0.717, 1.165) is 12.1 Å². The van der Waals surface area contributed by atoms with Gasteiger partial charge in [0.25, 0.3) is 0 Å². The van der Waals surface area contributed by atoms with E-state index < -0.39 is 29.9 Å². The summed E-state index contributed by atoms with van der Waals surface area (Å²) >= 11 is 1.37. The minimum absolute atomic E-state index is 0.353. The number of benzene rings is 1. The van der Waals surface area contributed by atoms with Crippen LogP contribution < -0.4 is 0 Å². The molecule has 0 aliphatic heterocycles. The van der Waals surface area contributed by atoms with Gasteiger partial charge in [-0.1, -0.05) is 25.1 Å². The van der Waals surface area contributed by atoms with E-state index >= 15 is 0 Å². The van der Waals surface area contributed by atoms with Gasteiger partial charge in [0.15, 0.2) is 0 Å². The average Bonchev–Trinajstić information content (AvgIpc) is 2.98. The second-order valence-electron chi connectivity index (χ2n) is 4.88. The highest BCUT2D eigenvalue weighted by Gasteiger charge is 2.31. The topological polar surface area (TPSA) is 40.5 Å². The number of hydrogen-bond donors (Lipinski definition) is 2. The van der Waals surface area contributed by atoms with E-state index in [1.54, 1.807) is 19.1 Å². The Balaban J connectivity index is 2.14. The lowest BCUT2D eigenvalue weighted by Crippen LogP contribution is -2.17. The number of aliphatic hydroxyl groups excluding tert-OH is 2. The van der Waals surface area contributed by atoms with Gasteiger partial charge in [0, 0.05) is 10.8 Å². The van der Waals surface area contributed by atoms with Crippen molar-refractivity contribution in [1.29, 1.82) is 0 Å². The van der Waals surface area contributed by atoms with E-state index in [1.807, 2.05) is 5.38 Å². The van der Waals surface area contributed by atoms with Crippen molar-refractivity contribution in [3.05, 3.63) is 57.8 Å². The molecular formula is C15H15F3O2S. The summed E-state index contributed by atoms with van der Waals surface area (Å²) in [5.74, 6) is -0.527. The molecule has 1 heterocycles. The number of alkyl halides is 3. The van der Waals surface area contributed by atoms with Gasteiger partial charge < -0.3 is 10.2 Å².